The molecule has 1 fully saturated rings. The van der Waals surface area contributed by atoms with E-state index in [1.807, 2.05) is 27.7 Å². The molecule has 2 N–H and O–H groups in total. The molecule has 0 aliphatic carbocycles. The van der Waals surface area contributed by atoms with E-state index in [-0.39, 0.29) is 40.6 Å². The maximum Gasteiger partial charge on any atom is 0.417 e. The number of aromatic amines is 1. The number of carbonyl (C=O) groups excluding carboxylic acids is 1. The topological polar surface area (TPSA) is 73.9 Å². The van der Waals surface area contributed by atoms with Crippen LogP contribution in [0, 0.1) is 5.92 Å². The Morgan fingerprint density at radius 3 is 2.43 bits per heavy atom. The number of piperidine rings is 1. The van der Waals surface area contributed by atoms with Crippen molar-refractivity contribution < 1.29 is 18.0 Å². The molecule has 3 heterocycles. The van der Waals surface area contributed by atoms with Gasteiger partial charge in [-0.05, 0) is 32.8 Å². The third-order valence-corrected chi connectivity index (χ3v) is 5.00. The first-order valence-electron chi connectivity index (χ1n) is 9.59. The Morgan fingerprint density at radius 1 is 1.25 bits per heavy atom. The summed E-state index contributed by atoms with van der Waals surface area (Å²) in [5.74, 6) is 0.0378. The van der Waals surface area contributed by atoms with E-state index in [4.69, 9.17) is 0 Å². The summed E-state index contributed by atoms with van der Waals surface area (Å²) in [6, 6.07) is 1.09. The Hall–Kier alpha value is -2.32. The second kappa shape index (κ2) is 7.60. The largest absolute Gasteiger partial charge is 0.417 e. The van der Waals surface area contributed by atoms with Crippen LogP contribution in [-0.2, 0) is 11.0 Å². The van der Waals surface area contributed by atoms with E-state index >= 15 is 0 Å². The van der Waals surface area contributed by atoms with Gasteiger partial charge in [0.05, 0.1) is 10.9 Å². The average molecular weight is 397 g/mol. The maximum absolute atomic E-state index is 13.8. The lowest BCUT2D eigenvalue weighted by atomic mass is 9.91. The highest BCUT2D eigenvalue weighted by molar-refractivity contribution is 5.91. The summed E-state index contributed by atoms with van der Waals surface area (Å²) < 4.78 is 41.3. The molecule has 2 aromatic heterocycles. The number of carbonyl (C=O) groups is 1. The quantitative estimate of drug-likeness (QED) is 0.813. The minimum atomic E-state index is -4.51. The van der Waals surface area contributed by atoms with Crippen LogP contribution in [0.4, 0.5) is 19.0 Å². The third-order valence-electron chi connectivity index (χ3n) is 5.00. The number of amides is 1. The fraction of sp³-hybridized carbons (Fsp3) is 0.632. The van der Waals surface area contributed by atoms with Crippen molar-refractivity contribution in [3.63, 3.8) is 0 Å². The number of H-pyrrole nitrogens is 1. The van der Waals surface area contributed by atoms with Gasteiger partial charge in [-0.15, -0.1) is 0 Å². The number of halogens is 3. The van der Waals surface area contributed by atoms with Crippen molar-refractivity contribution in [2.45, 2.75) is 58.7 Å². The van der Waals surface area contributed by atoms with Gasteiger partial charge in [-0.1, -0.05) is 13.8 Å². The second-order valence-electron chi connectivity index (χ2n) is 7.94. The third kappa shape index (κ3) is 4.07. The van der Waals surface area contributed by atoms with E-state index in [2.05, 4.69) is 20.5 Å². The Labute approximate surface area is 161 Å². The maximum atomic E-state index is 13.8. The van der Waals surface area contributed by atoms with Gasteiger partial charge >= 0.3 is 6.18 Å². The summed E-state index contributed by atoms with van der Waals surface area (Å²) in [7, 11) is 0. The zero-order valence-corrected chi connectivity index (χ0v) is 16.5. The molecule has 0 bridgehead atoms. The van der Waals surface area contributed by atoms with Crippen LogP contribution in [0.3, 0.4) is 0 Å². The Bertz CT molecular complexity index is 851. The molecule has 1 aliphatic heterocycles. The number of rotatable bonds is 4. The molecule has 0 spiro atoms. The van der Waals surface area contributed by atoms with Crippen molar-refractivity contribution in [2.75, 3.05) is 18.4 Å². The summed E-state index contributed by atoms with van der Waals surface area (Å²) >= 11 is 0. The number of fused-ring (bicyclic) bond motifs is 1. The van der Waals surface area contributed by atoms with Crippen molar-refractivity contribution in [1.29, 1.82) is 0 Å². The minimum absolute atomic E-state index is 0.0302. The first kappa shape index (κ1) is 20.4. The molecule has 2 aromatic rings. The van der Waals surface area contributed by atoms with E-state index in [9.17, 15) is 18.0 Å². The monoisotopic (exact) mass is 397 g/mol. The standard InChI is InChI=1S/C19H26F3N5O/c1-10(2)18(28)27-7-5-12(6-8-27)14-9-13(19(20,21)22)15-16(23-11(3)4)25-26-17(15)24-14/h9-12H,5-8H2,1-4H3,(H2,23,24,25,26). The van der Waals surface area contributed by atoms with Gasteiger partial charge < -0.3 is 10.2 Å². The van der Waals surface area contributed by atoms with Gasteiger partial charge in [0.15, 0.2) is 11.5 Å². The molecule has 0 atom stereocenters. The molecule has 3 rings (SSSR count). The van der Waals surface area contributed by atoms with Crippen LogP contribution in [0.25, 0.3) is 11.0 Å². The van der Waals surface area contributed by atoms with E-state index in [0.29, 0.717) is 31.6 Å². The average Bonchev–Trinajstić information content (AvgIpc) is 3.01. The highest BCUT2D eigenvalue weighted by Crippen LogP contribution is 2.39. The summed E-state index contributed by atoms with van der Waals surface area (Å²) in [6.45, 7) is 8.43. The lowest BCUT2D eigenvalue weighted by Gasteiger charge is -2.33. The molecule has 9 heteroatoms. The van der Waals surface area contributed by atoms with Crippen LogP contribution < -0.4 is 5.32 Å². The molecule has 1 aliphatic rings. The number of anilines is 1. The number of nitrogens with one attached hydrogen (secondary N) is 2. The van der Waals surface area contributed by atoms with Crippen LogP contribution in [0.1, 0.15) is 57.7 Å². The van der Waals surface area contributed by atoms with Crippen molar-refractivity contribution in [3.05, 3.63) is 17.3 Å². The Kier molecular flexibility index (Phi) is 5.54. The molecule has 6 nitrogen and oxygen atoms in total. The van der Waals surface area contributed by atoms with Crippen LogP contribution in [-0.4, -0.2) is 45.1 Å². The lowest BCUT2D eigenvalue weighted by molar-refractivity contribution is -0.136. The van der Waals surface area contributed by atoms with Crippen molar-refractivity contribution >= 4 is 22.8 Å². The molecular formula is C19H26F3N5O. The van der Waals surface area contributed by atoms with Crippen molar-refractivity contribution in [1.82, 2.24) is 20.1 Å². The highest BCUT2D eigenvalue weighted by atomic mass is 19.4. The number of hydrogen-bond acceptors (Lipinski definition) is 4. The molecule has 0 aromatic carbocycles. The summed E-state index contributed by atoms with van der Waals surface area (Å²) in [5.41, 5.74) is -0.199. The predicted molar refractivity (Wildman–Crippen MR) is 101 cm³/mol. The van der Waals surface area contributed by atoms with Crippen LogP contribution in [0.2, 0.25) is 0 Å². The Balaban J connectivity index is 1.92. The number of aromatic nitrogens is 3. The fourth-order valence-corrected chi connectivity index (χ4v) is 3.62. The van der Waals surface area contributed by atoms with Gasteiger partial charge in [0.2, 0.25) is 5.91 Å². The molecular weight excluding hydrogens is 371 g/mol. The van der Waals surface area contributed by atoms with Crippen molar-refractivity contribution in [2.24, 2.45) is 5.92 Å². The highest BCUT2D eigenvalue weighted by Gasteiger charge is 2.37. The van der Waals surface area contributed by atoms with Gasteiger partial charge in [0, 0.05) is 36.7 Å². The second-order valence-corrected chi connectivity index (χ2v) is 7.94. The summed E-state index contributed by atoms with van der Waals surface area (Å²) in [5, 5.41) is 9.55. The predicted octanol–water partition coefficient (Wildman–Crippen LogP) is 4.16. The normalized spacial score (nSPS) is 16.4. The molecule has 1 saturated heterocycles. The number of hydrogen-bond donors (Lipinski definition) is 2. The number of likely N-dealkylation sites (tertiary alicyclic amines) is 1. The van der Waals surface area contributed by atoms with Crippen molar-refractivity contribution in [3.8, 4) is 0 Å². The molecule has 0 saturated carbocycles. The van der Waals surface area contributed by atoms with Gasteiger partial charge in [0.1, 0.15) is 0 Å². The first-order chi connectivity index (χ1) is 13.1. The zero-order valence-electron chi connectivity index (χ0n) is 16.5. The van der Waals surface area contributed by atoms with Gasteiger partial charge in [-0.2, -0.15) is 18.3 Å². The molecule has 28 heavy (non-hydrogen) atoms. The number of pyridine rings is 1. The molecule has 0 radical (unpaired) electrons. The Morgan fingerprint density at radius 2 is 1.89 bits per heavy atom. The number of alkyl halides is 3. The molecule has 0 unspecified atom stereocenters. The van der Waals surface area contributed by atoms with E-state index in [1.165, 1.54) is 0 Å². The smallest absolute Gasteiger partial charge is 0.366 e. The van der Waals surface area contributed by atoms with Crippen LogP contribution >= 0.6 is 0 Å². The minimum Gasteiger partial charge on any atom is -0.366 e. The van der Waals surface area contributed by atoms with E-state index < -0.39 is 11.7 Å². The van der Waals surface area contributed by atoms with E-state index in [0.717, 1.165) is 6.07 Å². The fourth-order valence-electron chi connectivity index (χ4n) is 3.62. The van der Waals surface area contributed by atoms with E-state index in [1.54, 1.807) is 4.90 Å². The van der Waals surface area contributed by atoms with Gasteiger partial charge in [-0.25, -0.2) is 4.98 Å². The first-order valence-corrected chi connectivity index (χ1v) is 9.59. The molecule has 154 valence electrons. The SMILES string of the molecule is CC(C)Nc1n[nH]c2nc(C3CCN(C(=O)C(C)C)CC3)cc(C(F)(F)F)c12. The summed E-state index contributed by atoms with van der Waals surface area (Å²) in [4.78, 5) is 18.4. The van der Waals surface area contributed by atoms with Gasteiger partial charge in [0.25, 0.3) is 0 Å². The molecule has 1 amide bonds. The van der Waals surface area contributed by atoms with Crippen LogP contribution in [0.5, 0.6) is 0 Å². The van der Waals surface area contributed by atoms with Gasteiger partial charge in [-0.3, -0.25) is 9.89 Å². The lowest BCUT2D eigenvalue weighted by Crippen LogP contribution is -2.40. The van der Waals surface area contributed by atoms with Crippen LogP contribution in [0.15, 0.2) is 6.07 Å². The number of nitrogens with zero attached hydrogens (tertiary/aromatic N) is 3. The zero-order chi connectivity index (χ0) is 20.6. The summed E-state index contributed by atoms with van der Waals surface area (Å²) in [6.07, 6.45) is -3.32.